The van der Waals surface area contributed by atoms with E-state index < -0.39 is 0 Å². The summed E-state index contributed by atoms with van der Waals surface area (Å²) >= 11 is 3.76. The van der Waals surface area contributed by atoms with Crippen molar-refractivity contribution in [3.05, 3.63) is 103 Å². The molecular weight excluding hydrogens is 402 g/mol. The third-order valence-electron chi connectivity index (χ3n) is 5.12. The van der Waals surface area contributed by atoms with Crippen LogP contribution in [0.2, 0.25) is 0 Å². The van der Waals surface area contributed by atoms with Gasteiger partial charge in [-0.2, -0.15) is 0 Å². The highest BCUT2D eigenvalue weighted by molar-refractivity contribution is 8.15. The van der Waals surface area contributed by atoms with Gasteiger partial charge in [0.15, 0.2) is 0 Å². The maximum Gasteiger partial charge on any atom is 0.0981 e. The minimum Gasteiger partial charge on any atom is -0.242 e. The molecule has 0 N–H and O–H groups in total. The summed E-state index contributed by atoms with van der Waals surface area (Å²) in [4.78, 5) is 7.53. The summed E-state index contributed by atoms with van der Waals surface area (Å²) in [6.07, 6.45) is 8.92. The summed E-state index contributed by atoms with van der Waals surface area (Å²) in [5, 5.41) is 1.77. The molecule has 3 aromatic carbocycles. The monoisotopic (exact) mass is 429 g/mol. The topological polar surface area (TPSA) is 12.4 Å². The van der Waals surface area contributed by atoms with E-state index in [1.165, 1.54) is 47.5 Å². The zero-order valence-corrected chi connectivity index (χ0v) is 18.7. The molecule has 1 aliphatic rings. The summed E-state index contributed by atoms with van der Waals surface area (Å²) in [6.45, 7) is 0. The lowest BCUT2D eigenvalue weighted by Gasteiger charge is -2.21. The average molecular weight is 430 g/mol. The first-order valence-corrected chi connectivity index (χ1v) is 12.4. The number of aliphatic imine (C=N–C) groups is 1. The van der Waals surface area contributed by atoms with Crippen LogP contribution in [0.25, 0.3) is 4.91 Å². The van der Waals surface area contributed by atoms with E-state index in [1.807, 2.05) is 29.6 Å². The second-order valence-electron chi connectivity index (χ2n) is 7.45. The van der Waals surface area contributed by atoms with Gasteiger partial charge in [0.25, 0.3) is 0 Å². The van der Waals surface area contributed by atoms with E-state index in [1.54, 1.807) is 0 Å². The highest BCUT2D eigenvalue weighted by Crippen LogP contribution is 2.37. The minimum atomic E-state index is 0.663. The Labute approximate surface area is 188 Å². The largest absolute Gasteiger partial charge is 0.242 e. The summed E-state index contributed by atoms with van der Waals surface area (Å²) in [6, 6.07) is 31.6. The van der Waals surface area contributed by atoms with E-state index in [0.29, 0.717) is 5.25 Å². The number of thioether (sulfide) groups is 2. The molecule has 0 radical (unpaired) electrons. The lowest BCUT2D eigenvalue weighted by atomic mass is 10.0. The van der Waals surface area contributed by atoms with Crippen molar-refractivity contribution in [2.24, 2.45) is 4.99 Å². The van der Waals surface area contributed by atoms with E-state index in [4.69, 9.17) is 4.99 Å². The number of hydrogen-bond donors (Lipinski definition) is 0. The molecule has 0 bridgehead atoms. The van der Waals surface area contributed by atoms with E-state index in [-0.39, 0.29) is 0 Å². The molecule has 30 heavy (non-hydrogen) atoms. The van der Waals surface area contributed by atoms with Crippen LogP contribution in [0.15, 0.2) is 107 Å². The Kier molecular flexibility index (Phi) is 7.88. The number of rotatable bonds is 6. The third kappa shape index (κ3) is 6.38. The molecule has 0 atom stereocenters. The lowest BCUT2D eigenvalue weighted by molar-refractivity contribution is 0.517. The fraction of sp³-hybridized carbons (Fsp3) is 0.222. The Bertz CT molecular complexity index is 960. The van der Waals surface area contributed by atoms with Gasteiger partial charge in [-0.1, -0.05) is 97.8 Å². The van der Waals surface area contributed by atoms with Crippen LogP contribution in [0, 0.1) is 0 Å². The van der Waals surface area contributed by atoms with Crippen molar-refractivity contribution in [3.63, 3.8) is 0 Å². The lowest BCUT2D eigenvalue weighted by Crippen LogP contribution is -2.10. The molecule has 1 fully saturated rings. The van der Waals surface area contributed by atoms with Crippen LogP contribution in [-0.2, 0) is 0 Å². The second kappa shape index (κ2) is 11.2. The molecule has 0 spiro atoms. The SMILES string of the molecule is C(/C(=Nc1ccccc1)SC1CCCCC1)=C(\Sc1ccccc1)c1ccccc1. The minimum absolute atomic E-state index is 0.663. The van der Waals surface area contributed by atoms with Crippen molar-refractivity contribution in [2.75, 3.05) is 0 Å². The van der Waals surface area contributed by atoms with Gasteiger partial charge >= 0.3 is 0 Å². The van der Waals surface area contributed by atoms with Gasteiger partial charge in [-0.25, -0.2) is 4.99 Å². The van der Waals surface area contributed by atoms with Crippen LogP contribution in [0.5, 0.6) is 0 Å². The standard InChI is InChI=1S/C27H27NS2/c1-5-13-22(14-6-1)26(29-24-17-9-3-10-18-24)21-27(28-23-15-7-2-8-16-23)30-25-19-11-4-12-20-25/h1-3,5-10,13-18,21,25H,4,11-12,19-20H2/b26-21+,28-27?. The van der Waals surface area contributed by atoms with Gasteiger partial charge in [-0.3, -0.25) is 0 Å². The van der Waals surface area contributed by atoms with Crippen LogP contribution in [0.4, 0.5) is 5.69 Å². The highest BCUT2D eigenvalue weighted by Gasteiger charge is 2.17. The molecule has 1 aliphatic carbocycles. The molecule has 1 nitrogen and oxygen atoms in total. The molecule has 152 valence electrons. The van der Waals surface area contributed by atoms with Crippen LogP contribution in [0.3, 0.4) is 0 Å². The number of para-hydroxylation sites is 1. The van der Waals surface area contributed by atoms with E-state index in [9.17, 15) is 0 Å². The summed E-state index contributed by atoms with van der Waals surface area (Å²) < 4.78 is 0. The Morgan fingerprint density at radius 1 is 0.733 bits per heavy atom. The quantitative estimate of drug-likeness (QED) is 0.221. The van der Waals surface area contributed by atoms with Crippen molar-refractivity contribution in [1.82, 2.24) is 0 Å². The maximum absolute atomic E-state index is 5.05. The molecule has 0 saturated heterocycles. The van der Waals surface area contributed by atoms with Crippen molar-refractivity contribution in [2.45, 2.75) is 42.2 Å². The van der Waals surface area contributed by atoms with Crippen LogP contribution in [0.1, 0.15) is 37.7 Å². The first-order chi connectivity index (χ1) is 14.9. The van der Waals surface area contributed by atoms with Gasteiger partial charge in [0, 0.05) is 15.1 Å². The number of nitrogens with zero attached hydrogens (tertiary/aromatic N) is 1. The summed E-state index contributed by atoms with van der Waals surface area (Å²) in [7, 11) is 0. The molecule has 3 heteroatoms. The molecular formula is C27H27NS2. The molecule has 4 rings (SSSR count). The average Bonchev–Trinajstić information content (AvgIpc) is 2.81. The summed E-state index contributed by atoms with van der Waals surface area (Å²) in [5.74, 6) is 0. The van der Waals surface area contributed by atoms with Crippen molar-refractivity contribution < 1.29 is 0 Å². The zero-order chi connectivity index (χ0) is 20.4. The van der Waals surface area contributed by atoms with Crippen molar-refractivity contribution in [1.29, 1.82) is 0 Å². The van der Waals surface area contributed by atoms with Gasteiger partial charge < -0.3 is 0 Å². The molecule has 0 heterocycles. The normalized spacial score (nSPS) is 15.9. The molecule has 0 aliphatic heterocycles. The van der Waals surface area contributed by atoms with E-state index in [0.717, 1.165) is 10.7 Å². The highest BCUT2D eigenvalue weighted by atomic mass is 32.2. The van der Waals surface area contributed by atoms with E-state index in [2.05, 4.69) is 91.0 Å². The first-order valence-electron chi connectivity index (χ1n) is 10.7. The second-order valence-corrected chi connectivity index (χ2v) is 9.89. The smallest absolute Gasteiger partial charge is 0.0981 e. The fourth-order valence-electron chi connectivity index (χ4n) is 3.58. The van der Waals surface area contributed by atoms with Crippen LogP contribution in [-0.4, -0.2) is 10.3 Å². The van der Waals surface area contributed by atoms with Gasteiger partial charge in [0.2, 0.25) is 0 Å². The zero-order valence-electron chi connectivity index (χ0n) is 17.1. The first kappa shape index (κ1) is 21.0. The van der Waals surface area contributed by atoms with E-state index >= 15 is 0 Å². The Morgan fingerprint density at radius 3 is 2.00 bits per heavy atom. The Morgan fingerprint density at radius 2 is 1.33 bits per heavy atom. The van der Waals surface area contributed by atoms with Crippen molar-refractivity contribution >= 4 is 39.2 Å². The Balaban J connectivity index is 1.69. The van der Waals surface area contributed by atoms with Crippen LogP contribution >= 0.6 is 23.5 Å². The van der Waals surface area contributed by atoms with Gasteiger partial charge in [-0.15, -0.1) is 11.8 Å². The predicted octanol–water partition coefficient (Wildman–Crippen LogP) is 8.62. The Hall–Kier alpha value is -2.23. The molecule has 3 aromatic rings. The molecule has 1 saturated carbocycles. The number of benzene rings is 3. The van der Waals surface area contributed by atoms with Gasteiger partial charge in [-0.05, 0) is 48.7 Å². The molecule has 0 unspecified atom stereocenters. The van der Waals surface area contributed by atoms with Gasteiger partial charge in [0.05, 0.1) is 10.7 Å². The van der Waals surface area contributed by atoms with Crippen LogP contribution < -0.4 is 0 Å². The molecule has 0 amide bonds. The summed E-state index contributed by atoms with van der Waals surface area (Å²) in [5.41, 5.74) is 2.25. The van der Waals surface area contributed by atoms with Crippen molar-refractivity contribution in [3.8, 4) is 0 Å². The third-order valence-corrected chi connectivity index (χ3v) is 7.46. The van der Waals surface area contributed by atoms with Gasteiger partial charge in [0.1, 0.15) is 0 Å². The number of hydrogen-bond acceptors (Lipinski definition) is 3. The maximum atomic E-state index is 5.05. The fourth-order valence-corrected chi connectivity index (χ4v) is 5.88. The molecule has 0 aromatic heterocycles. The predicted molar refractivity (Wildman–Crippen MR) is 135 cm³/mol.